The highest BCUT2D eigenvalue weighted by Gasteiger charge is 2.31. The summed E-state index contributed by atoms with van der Waals surface area (Å²) in [6, 6.07) is 11.8. The fraction of sp³-hybridized carbons (Fsp3) is 0.324. The molecule has 4 aromatic rings. The Labute approximate surface area is 293 Å². The number of hydrogen-bond acceptors (Lipinski definition) is 8. The second-order valence-corrected chi connectivity index (χ2v) is 11.9. The molecular formula is C34H43N11O6. The number of aromatic nitrogens is 3. The number of aromatic amines is 2. The summed E-state index contributed by atoms with van der Waals surface area (Å²) in [5.41, 5.74) is 20.0. The number of nitrogens with two attached hydrogens (primary N) is 3. The molecule has 4 rings (SSSR count). The third-order valence-corrected chi connectivity index (χ3v) is 7.97. The largest absolute Gasteiger partial charge is 0.480 e. The van der Waals surface area contributed by atoms with Gasteiger partial charge in [-0.3, -0.25) is 29.0 Å². The van der Waals surface area contributed by atoms with Gasteiger partial charge < -0.3 is 53.5 Å². The molecule has 2 heterocycles. The normalized spacial score (nSPS) is 13.3. The van der Waals surface area contributed by atoms with Crippen molar-refractivity contribution in [2.45, 2.75) is 56.3 Å². The van der Waals surface area contributed by atoms with Crippen LogP contribution in [0.5, 0.6) is 0 Å². The van der Waals surface area contributed by atoms with Crippen LogP contribution in [0.25, 0.3) is 10.9 Å². The van der Waals surface area contributed by atoms with Crippen LogP contribution in [0.15, 0.2) is 78.3 Å². The van der Waals surface area contributed by atoms with E-state index in [1.54, 1.807) is 36.7 Å². The van der Waals surface area contributed by atoms with Crippen LogP contribution in [0.2, 0.25) is 0 Å². The Hall–Kier alpha value is -6.23. The first-order chi connectivity index (χ1) is 24.5. The maximum atomic E-state index is 13.9. The molecule has 0 bridgehead atoms. The van der Waals surface area contributed by atoms with E-state index in [-0.39, 0.29) is 44.6 Å². The number of guanidine groups is 1. The minimum Gasteiger partial charge on any atom is -0.480 e. The quantitative estimate of drug-likeness (QED) is 0.0322. The summed E-state index contributed by atoms with van der Waals surface area (Å²) in [4.78, 5) is 79.4. The van der Waals surface area contributed by atoms with Crippen LogP contribution >= 0.6 is 0 Å². The number of para-hydroxylation sites is 1. The summed E-state index contributed by atoms with van der Waals surface area (Å²) in [7, 11) is 0. The number of aliphatic carboxylic acids is 1. The van der Waals surface area contributed by atoms with Gasteiger partial charge in [0.05, 0.1) is 12.4 Å². The molecule has 270 valence electrons. The third kappa shape index (κ3) is 11.7. The standard InChI is InChI=1S/C34H43N11O6/c35-24(15-22-17-38-19-42-22)30(48)44-27(13-20-7-2-1-3-8-20)33(51)43-26(11-6-12-39-34(36)37)32(50)45-28(31(49)41-18-29(46)47)14-21-16-40-25-10-5-4-9-23(21)25/h1-5,7-10,16-17,19,24,26-28,40H,6,11-15,18,35H2,(H,38,42)(H,41,49)(H,43,51)(H,44,48)(H,45,50)(H,46,47)(H4,36,37,39)/t24-,26-,27-,28-/m0/s1. The summed E-state index contributed by atoms with van der Waals surface area (Å²) in [5.74, 6) is -4.13. The van der Waals surface area contributed by atoms with Crippen LogP contribution in [0.1, 0.15) is 29.7 Å². The molecule has 0 spiro atoms. The maximum absolute atomic E-state index is 13.9. The van der Waals surface area contributed by atoms with Gasteiger partial charge in [0, 0.05) is 54.8 Å². The SMILES string of the molecule is NC(N)=NCCC[C@H](NC(=O)[C@H](Cc1ccccc1)NC(=O)[C@@H](N)Cc1cnc[nH]1)C(=O)N[C@@H](Cc1c[nH]c2ccccc12)C(=O)NCC(=O)O. The molecule has 0 saturated heterocycles. The lowest BCUT2D eigenvalue weighted by Gasteiger charge is -2.26. The smallest absolute Gasteiger partial charge is 0.322 e. The van der Waals surface area contributed by atoms with E-state index in [1.165, 1.54) is 6.33 Å². The Bertz CT molecular complexity index is 1810. The van der Waals surface area contributed by atoms with Crippen LogP contribution in [0, 0.1) is 0 Å². The highest BCUT2D eigenvalue weighted by molar-refractivity contribution is 5.96. The van der Waals surface area contributed by atoms with Crippen molar-refractivity contribution >= 4 is 46.5 Å². The maximum Gasteiger partial charge on any atom is 0.322 e. The molecule has 2 aromatic carbocycles. The van der Waals surface area contributed by atoms with Gasteiger partial charge in [0.15, 0.2) is 5.96 Å². The van der Waals surface area contributed by atoms with Gasteiger partial charge in [-0.1, -0.05) is 48.5 Å². The van der Waals surface area contributed by atoms with Crippen LogP contribution < -0.4 is 38.5 Å². The zero-order valence-corrected chi connectivity index (χ0v) is 27.8. The van der Waals surface area contributed by atoms with Crippen LogP contribution in [0.3, 0.4) is 0 Å². The first-order valence-corrected chi connectivity index (χ1v) is 16.3. The molecule has 51 heavy (non-hydrogen) atoms. The van der Waals surface area contributed by atoms with Crippen molar-refractivity contribution in [3.8, 4) is 0 Å². The van der Waals surface area contributed by atoms with E-state index in [0.29, 0.717) is 11.3 Å². The highest BCUT2D eigenvalue weighted by Crippen LogP contribution is 2.19. The zero-order valence-electron chi connectivity index (χ0n) is 27.8. The topological polar surface area (TPSA) is 289 Å². The molecule has 17 nitrogen and oxygen atoms in total. The van der Waals surface area contributed by atoms with E-state index in [1.807, 2.05) is 30.3 Å². The molecule has 13 N–H and O–H groups in total. The molecule has 0 saturated carbocycles. The molecule has 0 fully saturated rings. The van der Waals surface area contributed by atoms with Gasteiger partial charge in [0.2, 0.25) is 23.6 Å². The van der Waals surface area contributed by atoms with E-state index in [4.69, 9.17) is 22.3 Å². The molecule has 2 aromatic heterocycles. The number of amides is 4. The predicted molar refractivity (Wildman–Crippen MR) is 189 cm³/mol. The van der Waals surface area contributed by atoms with Crippen molar-refractivity contribution in [1.29, 1.82) is 0 Å². The minimum absolute atomic E-state index is 0.0107. The molecule has 17 heteroatoms. The van der Waals surface area contributed by atoms with E-state index < -0.39 is 60.3 Å². The number of nitrogens with zero attached hydrogens (tertiary/aromatic N) is 2. The summed E-state index contributed by atoms with van der Waals surface area (Å²) in [6.45, 7) is -0.520. The predicted octanol–water partition coefficient (Wildman–Crippen LogP) is -1.04. The Morgan fingerprint density at radius 3 is 2.18 bits per heavy atom. The Morgan fingerprint density at radius 1 is 0.804 bits per heavy atom. The van der Waals surface area contributed by atoms with Crippen LogP contribution in [-0.4, -0.2) is 92.9 Å². The zero-order chi connectivity index (χ0) is 36.8. The number of aliphatic imine (C=N–C) groups is 1. The number of benzene rings is 2. The van der Waals surface area contributed by atoms with E-state index >= 15 is 0 Å². The van der Waals surface area contributed by atoms with Gasteiger partial charge in [-0.05, 0) is 30.0 Å². The molecule has 0 aliphatic heterocycles. The number of carbonyl (C=O) groups is 5. The average molecular weight is 702 g/mol. The molecule has 0 radical (unpaired) electrons. The third-order valence-electron chi connectivity index (χ3n) is 7.97. The Morgan fingerprint density at radius 2 is 1.47 bits per heavy atom. The van der Waals surface area contributed by atoms with Crippen molar-refractivity contribution in [3.05, 3.63) is 90.1 Å². The molecular weight excluding hydrogens is 658 g/mol. The second kappa shape index (κ2) is 18.5. The summed E-state index contributed by atoms with van der Waals surface area (Å²) in [5, 5.41) is 20.4. The molecule has 0 unspecified atom stereocenters. The Kier molecular flexibility index (Phi) is 13.6. The Balaban J connectivity index is 1.56. The van der Waals surface area contributed by atoms with Crippen molar-refractivity contribution in [3.63, 3.8) is 0 Å². The van der Waals surface area contributed by atoms with Gasteiger partial charge in [0.25, 0.3) is 0 Å². The molecule has 0 aliphatic carbocycles. The number of hydrogen-bond donors (Lipinski definition) is 10. The summed E-state index contributed by atoms with van der Waals surface area (Å²) < 4.78 is 0. The molecule has 4 atom stereocenters. The van der Waals surface area contributed by atoms with E-state index in [9.17, 15) is 24.0 Å². The van der Waals surface area contributed by atoms with E-state index in [2.05, 4.69) is 41.2 Å². The summed E-state index contributed by atoms with van der Waals surface area (Å²) in [6.07, 6.45) is 5.26. The van der Waals surface area contributed by atoms with Gasteiger partial charge in [0.1, 0.15) is 24.7 Å². The van der Waals surface area contributed by atoms with Gasteiger partial charge in [-0.15, -0.1) is 0 Å². The van der Waals surface area contributed by atoms with Crippen molar-refractivity contribution < 1.29 is 29.1 Å². The number of rotatable bonds is 19. The number of H-pyrrole nitrogens is 2. The molecule has 4 amide bonds. The number of carboxylic acid groups (broad SMARTS) is 1. The number of carbonyl (C=O) groups excluding carboxylic acids is 4. The van der Waals surface area contributed by atoms with Crippen LogP contribution in [0.4, 0.5) is 0 Å². The van der Waals surface area contributed by atoms with Crippen molar-refractivity contribution in [1.82, 2.24) is 36.2 Å². The van der Waals surface area contributed by atoms with Gasteiger partial charge >= 0.3 is 5.97 Å². The monoisotopic (exact) mass is 701 g/mol. The molecule has 0 aliphatic rings. The summed E-state index contributed by atoms with van der Waals surface area (Å²) >= 11 is 0. The fourth-order valence-corrected chi connectivity index (χ4v) is 5.40. The average Bonchev–Trinajstić information content (AvgIpc) is 3.78. The lowest BCUT2D eigenvalue weighted by Crippen LogP contribution is -2.58. The minimum atomic E-state index is -1.26. The second-order valence-electron chi connectivity index (χ2n) is 11.9. The van der Waals surface area contributed by atoms with Gasteiger partial charge in [-0.25, -0.2) is 4.98 Å². The van der Waals surface area contributed by atoms with Gasteiger partial charge in [-0.2, -0.15) is 0 Å². The number of nitrogens with one attached hydrogen (secondary N) is 6. The van der Waals surface area contributed by atoms with Crippen LogP contribution in [-0.2, 0) is 43.2 Å². The number of imidazole rings is 1. The lowest BCUT2D eigenvalue weighted by atomic mass is 10.0. The highest BCUT2D eigenvalue weighted by atomic mass is 16.4. The van der Waals surface area contributed by atoms with Crippen molar-refractivity contribution in [2.75, 3.05) is 13.1 Å². The fourth-order valence-electron chi connectivity index (χ4n) is 5.40. The number of carboxylic acids is 1. The first kappa shape index (κ1) is 37.6. The lowest BCUT2D eigenvalue weighted by molar-refractivity contribution is -0.138. The van der Waals surface area contributed by atoms with Crippen molar-refractivity contribution in [2.24, 2.45) is 22.2 Å². The number of fused-ring (bicyclic) bond motifs is 1. The van der Waals surface area contributed by atoms with E-state index in [0.717, 1.165) is 16.5 Å². The first-order valence-electron chi connectivity index (χ1n) is 16.3.